The van der Waals surface area contributed by atoms with Crippen LogP contribution in [0.4, 0.5) is 5.95 Å². The zero-order chi connectivity index (χ0) is 14.5. The third-order valence-electron chi connectivity index (χ3n) is 3.68. The third-order valence-corrected chi connectivity index (χ3v) is 3.68. The van der Waals surface area contributed by atoms with Crippen molar-refractivity contribution in [1.29, 1.82) is 0 Å². The third kappa shape index (κ3) is 5.28. The van der Waals surface area contributed by atoms with Crippen molar-refractivity contribution >= 4 is 24.3 Å². The number of carbonyl (C=O) groups excluding carboxylic acids is 1. The Kier molecular flexibility index (Phi) is 7.11. The molecule has 0 spiro atoms. The van der Waals surface area contributed by atoms with Gasteiger partial charge < -0.3 is 5.32 Å². The summed E-state index contributed by atoms with van der Waals surface area (Å²) in [5.74, 6) is 2.38. The zero-order valence-corrected chi connectivity index (χ0v) is 13.9. The van der Waals surface area contributed by atoms with Crippen LogP contribution in [0.3, 0.4) is 0 Å². The highest BCUT2D eigenvalue weighted by Gasteiger charge is 2.21. The zero-order valence-electron chi connectivity index (χ0n) is 13.1. The summed E-state index contributed by atoms with van der Waals surface area (Å²) in [4.78, 5) is 16.3. The van der Waals surface area contributed by atoms with Crippen molar-refractivity contribution in [3.63, 3.8) is 0 Å². The standard InChI is InChI=1S/C14H25N5O.ClH/c1-10(2)4-5-12(20)16-14-17-13(18-19(14)3)11-6-8-15-9-7-11;/h10-11,15H,4-9H2,1-3H3,(H,16,17,18,20);1H. The number of anilines is 1. The molecule has 6 nitrogen and oxygen atoms in total. The lowest BCUT2D eigenvalue weighted by Crippen LogP contribution is -2.27. The van der Waals surface area contributed by atoms with Gasteiger partial charge in [0.15, 0.2) is 5.82 Å². The van der Waals surface area contributed by atoms with Crippen molar-refractivity contribution < 1.29 is 4.79 Å². The Morgan fingerprint density at radius 2 is 2.10 bits per heavy atom. The second-order valence-electron chi connectivity index (χ2n) is 5.92. The number of aryl methyl sites for hydroxylation is 1. The summed E-state index contributed by atoms with van der Waals surface area (Å²) in [5.41, 5.74) is 0. The average molecular weight is 316 g/mol. The number of amides is 1. The molecule has 7 heteroatoms. The maximum absolute atomic E-state index is 11.9. The monoisotopic (exact) mass is 315 g/mol. The molecule has 1 amide bonds. The van der Waals surface area contributed by atoms with E-state index in [1.54, 1.807) is 4.68 Å². The van der Waals surface area contributed by atoms with Gasteiger partial charge in [0.2, 0.25) is 11.9 Å². The molecule has 2 rings (SSSR count). The Labute approximate surface area is 132 Å². The van der Waals surface area contributed by atoms with E-state index in [9.17, 15) is 4.79 Å². The maximum atomic E-state index is 11.9. The highest BCUT2D eigenvalue weighted by Crippen LogP contribution is 2.23. The summed E-state index contributed by atoms with van der Waals surface area (Å²) in [6.45, 7) is 6.26. The first-order chi connectivity index (χ1) is 9.56. The Morgan fingerprint density at radius 3 is 2.71 bits per heavy atom. The minimum Gasteiger partial charge on any atom is -0.317 e. The molecule has 0 atom stereocenters. The van der Waals surface area contributed by atoms with E-state index >= 15 is 0 Å². The van der Waals surface area contributed by atoms with Gasteiger partial charge in [0, 0.05) is 19.4 Å². The molecule has 1 saturated heterocycles. The first-order valence-corrected chi connectivity index (χ1v) is 7.47. The van der Waals surface area contributed by atoms with Gasteiger partial charge in [-0.05, 0) is 38.3 Å². The molecular weight excluding hydrogens is 290 g/mol. The molecule has 0 aliphatic carbocycles. The van der Waals surface area contributed by atoms with E-state index in [4.69, 9.17) is 0 Å². The van der Waals surface area contributed by atoms with Crippen LogP contribution in [0.2, 0.25) is 0 Å². The molecule has 2 N–H and O–H groups in total. The fourth-order valence-corrected chi connectivity index (χ4v) is 2.37. The van der Waals surface area contributed by atoms with Crippen LogP contribution in [0.1, 0.15) is 51.3 Å². The lowest BCUT2D eigenvalue weighted by atomic mass is 9.98. The average Bonchev–Trinajstić information content (AvgIpc) is 2.79. The molecule has 1 aromatic rings. The molecule has 120 valence electrons. The summed E-state index contributed by atoms with van der Waals surface area (Å²) < 4.78 is 1.67. The van der Waals surface area contributed by atoms with Gasteiger partial charge in [-0.2, -0.15) is 10.1 Å². The topological polar surface area (TPSA) is 71.8 Å². The van der Waals surface area contributed by atoms with E-state index in [-0.39, 0.29) is 18.3 Å². The largest absolute Gasteiger partial charge is 0.317 e. The van der Waals surface area contributed by atoms with E-state index < -0.39 is 0 Å². The van der Waals surface area contributed by atoms with Gasteiger partial charge >= 0.3 is 0 Å². The second kappa shape index (κ2) is 8.34. The van der Waals surface area contributed by atoms with Crippen molar-refractivity contribution in [2.75, 3.05) is 18.4 Å². The molecule has 21 heavy (non-hydrogen) atoms. The Balaban J connectivity index is 0.00000220. The number of hydrogen-bond donors (Lipinski definition) is 2. The predicted octanol–water partition coefficient (Wildman–Crippen LogP) is 2.08. The van der Waals surface area contributed by atoms with Gasteiger partial charge in [0.1, 0.15) is 0 Å². The molecule has 0 unspecified atom stereocenters. The number of piperidine rings is 1. The van der Waals surface area contributed by atoms with Crippen LogP contribution in [0.15, 0.2) is 0 Å². The molecule has 0 bridgehead atoms. The van der Waals surface area contributed by atoms with Crippen molar-refractivity contribution in [3.8, 4) is 0 Å². The van der Waals surface area contributed by atoms with Crippen LogP contribution < -0.4 is 10.6 Å². The Morgan fingerprint density at radius 1 is 1.43 bits per heavy atom. The van der Waals surface area contributed by atoms with Crippen molar-refractivity contribution in [2.45, 2.75) is 45.4 Å². The molecule has 1 fully saturated rings. The summed E-state index contributed by atoms with van der Waals surface area (Å²) in [7, 11) is 1.83. The minimum atomic E-state index is 0. The number of nitrogens with zero attached hydrogens (tertiary/aromatic N) is 3. The first-order valence-electron chi connectivity index (χ1n) is 7.47. The van der Waals surface area contributed by atoms with Crippen LogP contribution in [-0.4, -0.2) is 33.8 Å². The molecule has 1 aromatic heterocycles. The van der Waals surface area contributed by atoms with Crippen LogP contribution >= 0.6 is 12.4 Å². The maximum Gasteiger partial charge on any atom is 0.227 e. The van der Waals surface area contributed by atoms with Crippen LogP contribution in [-0.2, 0) is 11.8 Å². The number of carbonyl (C=O) groups is 1. The Hall–Kier alpha value is -1.14. The van der Waals surface area contributed by atoms with E-state index in [1.807, 2.05) is 7.05 Å². The molecular formula is C14H26ClN5O. The Bertz CT molecular complexity index is 454. The summed E-state index contributed by atoms with van der Waals surface area (Å²) >= 11 is 0. The normalized spacial score (nSPS) is 15.8. The molecule has 0 saturated carbocycles. The van der Waals surface area contributed by atoms with Crippen molar-refractivity contribution in [1.82, 2.24) is 20.1 Å². The second-order valence-corrected chi connectivity index (χ2v) is 5.92. The first kappa shape index (κ1) is 17.9. The highest BCUT2D eigenvalue weighted by molar-refractivity contribution is 5.88. The number of halogens is 1. The number of hydrogen-bond acceptors (Lipinski definition) is 4. The SMILES string of the molecule is CC(C)CCC(=O)Nc1nc(C2CCNCC2)nn1C.Cl. The van der Waals surface area contributed by atoms with Crippen molar-refractivity contribution in [2.24, 2.45) is 13.0 Å². The summed E-state index contributed by atoms with van der Waals surface area (Å²) in [6.07, 6.45) is 3.55. The van der Waals surface area contributed by atoms with Crippen LogP contribution in [0.5, 0.6) is 0 Å². The smallest absolute Gasteiger partial charge is 0.227 e. The predicted molar refractivity (Wildman–Crippen MR) is 85.8 cm³/mol. The molecule has 1 aliphatic rings. The number of aromatic nitrogens is 3. The van der Waals surface area contributed by atoms with Gasteiger partial charge in [-0.25, -0.2) is 4.68 Å². The lowest BCUT2D eigenvalue weighted by molar-refractivity contribution is -0.116. The van der Waals surface area contributed by atoms with Gasteiger partial charge in [-0.1, -0.05) is 13.8 Å². The van der Waals surface area contributed by atoms with Crippen LogP contribution in [0, 0.1) is 5.92 Å². The summed E-state index contributed by atoms with van der Waals surface area (Å²) in [6, 6.07) is 0. The summed E-state index contributed by atoms with van der Waals surface area (Å²) in [5, 5.41) is 10.6. The quantitative estimate of drug-likeness (QED) is 0.872. The van der Waals surface area contributed by atoms with E-state index in [0.717, 1.165) is 38.2 Å². The van der Waals surface area contributed by atoms with E-state index in [0.29, 0.717) is 24.2 Å². The molecule has 1 aliphatic heterocycles. The van der Waals surface area contributed by atoms with Gasteiger partial charge in [0.05, 0.1) is 0 Å². The highest BCUT2D eigenvalue weighted by atomic mass is 35.5. The van der Waals surface area contributed by atoms with E-state index in [2.05, 4.69) is 34.6 Å². The van der Waals surface area contributed by atoms with Gasteiger partial charge in [-0.15, -0.1) is 12.4 Å². The molecule has 2 heterocycles. The van der Waals surface area contributed by atoms with Crippen molar-refractivity contribution in [3.05, 3.63) is 5.82 Å². The van der Waals surface area contributed by atoms with Gasteiger partial charge in [0.25, 0.3) is 0 Å². The molecule has 0 aromatic carbocycles. The number of rotatable bonds is 5. The number of nitrogens with one attached hydrogen (secondary N) is 2. The van der Waals surface area contributed by atoms with Crippen LogP contribution in [0.25, 0.3) is 0 Å². The minimum absolute atomic E-state index is 0. The molecule has 0 radical (unpaired) electrons. The van der Waals surface area contributed by atoms with Gasteiger partial charge in [-0.3, -0.25) is 10.1 Å². The van der Waals surface area contributed by atoms with E-state index in [1.165, 1.54) is 0 Å². The fraction of sp³-hybridized carbons (Fsp3) is 0.786. The lowest BCUT2D eigenvalue weighted by Gasteiger charge is -2.19. The fourth-order valence-electron chi connectivity index (χ4n) is 2.37.